The van der Waals surface area contributed by atoms with Crippen LogP contribution in [0, 0.1) is 0 Å². The standard InChI is InChI=1S/C18H15ClO5/c1-23-17-10-13(7-9-16(17)24-11-18(21)22)15(20)8-6-12-4-2-3-5-14(12)19/h2-10H,11H2,1H3,(H,21,22)/b8-6+. The van der Waals surface area contributed by atoms with Gasteiger partial charge in [0.15, 0.2) is 23.9 Å². The second-order valence-corrected chi connectivity index (χ2v) is 5.17. The molecule has 0 bridgehead atoms. The molecule has 0 radical (unpaired) electrons. The van der Waals surface area contributed by atoms with E-state index in [-0.39, 0.29) is 17.3 Å². The zero-order valence-electron chi connectivity index (χ0n) is 12.9. The van der Waals surface area contributed by atoms with Crippen LogP contribution >= 0.6 is 11.6 Å². The van der Waals surface area contributed by atoms with Crippen molar-refractivity contribution >= 4 is 29.4 Å². The summed E-state index contributed by atoms with van der Waals surface area (Å²) < 4.78 is 10.2. The van der Waals surface area contributed by atoms with Crippen molar-refractivity contribution in [3.05, 3.63) is 64.7 Å². The van der Waals surface area contributed by atoms with Crippen LogP contribution in [-0.4, -0.2) is 30.6 Å². The Kier molecular flexibility index (Phi) is 5.98. The summed E-state index contributed by atoms with van der Waals surface area (Å²) in [4.78, 5) is 22.8. The van der Waals surface area contributed by atoms with E-state index in [1.165, 1.54) is 25.3 Å². The average Bonchev–Trinajstić information content (AvgIpc) is 2.58. The number of halogens is 1. The van der Waals surface area contributed by atoms with Crippen LogP contribution in [0.3, 0.4) is 0 Å². The molecule has 24 heavy (non-hydrogen) atoms. The molecule has 124 valence electrons. The largest absolute Gasteiger partial charge is 0.493 e. The molecular formula is C18H15ClO5. The molecule has 0 aliphatic rings. The molecule has 0 aromatic heterocycles. The van der Waals surface area contributed by atoms with Crippen LogP contribution in [0.2, 0.25) is 5.02 Å². The number of carbonyl (C=O) groups is 2. The SMILES string of the molecule is COc1cc(C(=O)/C=C/c2ccccc2Cl)ccc1OCC(=O)O. The molecule has 0 aliphatic carbocycles. The third-order valence-electron chi connectivity index (χ3n) is 3.12. The van der Waals surface area contributed by atoms with Crippen LogP contribution in [0.5, 0.6) is 11.5 Å². The molecule has 0 heterocycles. The molecule has 0 unspecified atom stereocenters. The lowest BCUT2D eigenvalue weighted by Gasteiger charge is -2.10. The lowest BCUT2D eigenvalue weighted by atomic mass is 10.1. The number of benzene rings is 2. The van der Waals surface area contributed by atoms with E-state index in [2.05, 4.69) is 0 Å². The minimum atomic E-state index is -1.10. The Bertz CT molecular complexity index is 783. The second-order valence-electron chi connectivity index (χ2n) is 4.77. The van der Waals surface area contributed by atoms with Crippen LogP contribution in [0.15, 0.2) is 48.5 Å². The molecule has 2 aromatic rings. The smallest absolute Gasteiger partial charge is 0.341 e. The van der Waals surface area contributed by atoms with E-state index < -0.39 is 12.6 Å². The van der Waals surface area contributed by atoms with E-state index in [1.54, 1.807) is 24.3 Å². The summed E-state index contributed by atoms with van der Waals surface area (Å²) in [6.07, 6.45) is 3.04. The summed E-state index contributed by atoms with van der Waals surface area (Å²) >= 11 is 6.04. The van der Waals surface area contributed by atoms with E-state index in [4.69, 9.17) is 26.2 Å². The Labute approximate surface area is 144 Å². The maximum absolute atomic E-state index is 12.3. The first-order chi connectivity index (χ1) is 11.5. The number of rotatable bonds is 7. The van der Waals surface area contributed by atoms with Gasteiger partial charge in [0.25, 0.3) is 0 Å². The highest BCUT2D eigenvalue weighted by molar-refractivity contribution is 6.32. The summed E-state index contributed by atoms with van der Waals surface area (Å²) in [7, 11) is 1.41. The first-order valence-electron chi connectivity index (χ1n) is 7.01. The van der Waals surface area contributed by atoms with Crippen LogP contribution in [0.1, 0.15) is 15.9 Å². The van der Waals surface area contributed by atoms with Gasteiger partial charge in [-0.2, -0.15) is 0 Å². The number of hydrogen-bond acceptors (Lipinski definition) is 4. The van der Waals surface area contributed by atoms with Crippen LogP contribution in [0.4, 0.5) is 0 Å². The van der Waals surface area contributed by atoms with Gasteiger partial charge in [0.1, 0.15) is 0 Å². The molecule has 0 fully saturated rings. The first kappa shape index (κ1) is 17.6. The normalized spacial score (nSPS) is 10.6. The van der Waals surface area contributed by atoms with Crippen molar-refractivity contribution in [3.8, 4) is 11.5 Å². The van der Waals surface area contributed by atoms with Crippen molar-refractivity contribution in [1.29, 1.82) is 0 Å². The van der Waals surface area contributed by atoms with Gasteiger partial charge in [-0.25, -0.2) is 4.79 Å². The minimum Gasteiger partial charge on any atom is -0.493 e. The molecule has 6 heteroatoms. The highest BCUT2D eigenvalue weighted by atomic mass is 35.5. The summed E-state index contributed by atoms with van der Waals surface area (Å²) in [6, 6.07) is 11.7. The van der Waals surface area contributed by atoms with E-state index in [0.717, 1.165) is 5.56 Å². The Hall–Kier alpha value is -2.79. The van der Waals surface area contributed by atoms with E-state index in [9.17, 15) is 9.59 Å². The fourth-order valence-corrected chi connectivity index (χ4v) is 2.15. The van der Waals surface area contributed by atoms with Crippen molar-refractivity contribution in [1.82, 2.24) is 0 Å². The summed E-state index contributed by atoms with van der Waals surface area (Å²) in [5.74, 6) is -0.794. The van der Waals surface area contributed by atoms with Gasteiger partial charge in [-0.1, -0.05) is 29.8 Å². The van der Waals surface area contributed by atoms with Gasteiger partial charge >= 0.3 is 5.97 Å². The second kappa shape index (κ2) is 8.17. The lowest BCUT2D eigenvalue weighted by Crippen LogP contribution is -2.10. The van der Waals surface area contributed by atoms with Crippen LogP contribution in [0.25, 0.3) is 6.08 Å². The zero-order valence-corrected chi connectivity index (χ0v) is 13.6. The van der Waals surface area contributed by atoms with Gasteiger partial charge in [0.2, 0.25) is 0 Å². The number of carbonyl (C=O) groups excluding carboxylic acids is 1. The molecular weight excluding hydrogens is 332 g/mol. The number of methoxy groups -OCH3 is 1. The van der Waals surface area contributed by atoms with Crippen molar-refractivity contribution in [2.24, 2.45) is 0 Å². The number of hydrogen-bond donors (Lipinski definition) is 1. The van der Waals surface area contributed by atoms with Gasteiger partial charge in [-0.15, -0.1) is 0 Å². The van der Waals surface area contributed by atoms with Crippen LogP contribution < -0.4 is 9.47 Å². The lowest BCUT2D eigenvalue weighted by molar-refractivity contribution is -0.139. The molecule has 0 amide bonds. The fraction of sp³-hybridized carbons (Fsp3) is 0.111. The van der Waals surface area contributed by atoms with Crippen molar-refractivity contribution in [2.45, 2.75) is 0 Å². The molecule has 1 N–H and O–H groups in total. The third-order valence-corrected chi connectivity index (χ3v) is 3.46. The molecule has 5 nitrogen and oxygen atoms in total. The number of carboxylic acid groups (broad SMARTS) is 1. The van der Waals surface area contributed by atoms with Gasteiger partial charge in [-0.05, 0) is 42.0 Å². The third kappa shape index (κ3) is 4.60. The van der Waals surface area contributed by atoms with Crippen LogP contribution in [-0.2, 0) is 4.79 Å². The predicted octanol–water partition coefficient (Wildman–Crippen LogP) is 3.71. The van der Waals surface area contributed by atoms with E-state index in [1.807, 2.05) is 12.1 Å². The molecule has 0 saturated heterocycles. The monoisotopic (exact) mass is 346 g/mol. The van der Waals surface area contributed by atoms with Gasteiger partial charge in [0, 0.05) is 10.6 Å². The maximum Gasteiger partial charge on any atom is 0.341 e. The molecule has 0 saturated carbocycles. The summed E-state index contributed by atoms with van der Waals surface area (Å²) in [5.41, 5.74) is 1.12. The summed E-state index contributed by atoms with van der Waals surface area (Å²) in [6.45, 7) is -0.490. The average molecular weight is 347 g/mol. The highest BCUT2D eigenvalue weighted by Crippen LogP contribution is 2.28. The predicted molar refractivity (Wildman–Crippen MR) is 90.9 cm³/mol. The number of carboxylic acids is 1. The molecule has 0 spiro atoms. The maximum atomic E-state index is 12.3. The zero-order chi connectivity index (χ0) is 17.5. The van der Waals surface area contributed by atoms with Gasteiger partial charge in [0.05, 0.1) is 7.11 Å². The van der Waals surface area contributed by atoms with Gasteiger partial charge in [-0.3, -0.25) is 4.79 Å². The number of aliphatic carboxylic acids is 1. The molecule has 0 aliphatic heterocycles. The Morgan fingerprint density at radius 1 is 1.17 bits per heavy atom. The van der Waals surface area contributed by atoms with Crippen molar-refractivity contribution in [2.75, 3.05) is 13.7 Å². The van der Waals surface area contributed by atoms with Gasteiger partial charge < -0.3 is 14.6 Å². The highest BCUT2D eigenvalue weighted by Gasteiger charge is 2.11. The molecule has 0 atom stereocenters. The number of ketones is 1. The Morgan fingerprint density at radius 3 is 2.58 bits per heavy atom. The first-order valence-corrected chi connectivity index (χ1v) is 7.38. The Morgan fingerprint density at radius 2 is 1.92 bits per heavy atom. The minimum absolute atomic E-state index is 0.238. The quantitative estimate of drug-likeness (QED) is 0.611. The number of allylic oxidation sites excluding steroid dienone is 1. The fourth-order valence-electron chi connectivity index (χ4n) is 1.95. The summed E-state index contributed by atoms with van der Waals surface area (Å²) in [5, 5.41) is 9.19. The Balaban J connectivity index is 2.17. The molecule has 2 aromatic carbocycles. The topological polar surface area (TPSA) is 72.8 Å². The van der Waals surface area contributed by atoms with Crippen molar-refractivity contribution in [3.63, 3.8) is 0 Å². The van der Waals surface area contributed by atoms with E-state index in [0.29, 0.717) is 10.6 Å². The van der Waals surface area contributed by atoms with E-state index >= 15 is 0 Å². The van der Waals surface area contributed by atoms with Crippen molar-refractivity contribution < 1.29 is 24.2 Å². The number of ether oxygens (including phenoxy) is 2. The molecule has 2 rings (SSSR count).